The Kier molecular flexibility index (Phi) is 8.28. The van der Waals surface area contributed by atoms with Gasteiger partial charge in [0.25, 0.3) is 0 Å². The van der Waals surface area contributed by atoms with Crippen LogP contribution in [-0.2, 0) is 9.47 Å². The van der Waals surface area contributed by atoms with Crippen LogP contribution in [-0.4, -0.2) is 64.3 Å². The zero-order chi connectivity index (χ0) is 15.0. The molecule has 0 amide bonds. The topological polar surface area (TPSA) is 99.4 Å². The summed E-state index contributed by atoms with van der Waals surface area (Å²) >= 11 is 0. The molecule has 118 valence electrons. The van der Waals surface area contributed by atoms with Crippen molar-refractivity contribution in [2.75, 3.05) is 13.2 Å². The second kappa shape index (κ2) is 9.44. The molecule has 6 heteroatoms. The monoisotopic (exact) mass is 290 g/mol. The lowest BCUT2D eigenvalue weighted by atomic mass is 9.99. The van der Waals surface area contributed by atoms with Crippen molar-refractivity contribution in [1.29, 1.82) is 0 Å². The van der Waals surface area contributed by atoms with E-state index in [2.05, 4.69) is 6.92 Å². The van der Waals surface area contributed by atoms with Crippen LogP contribution in [0.5, 0.6) is 0 Å². The van der Waals surface area contributed by atoms with Crippen molar-refractivity contribution in [2.45, 2.75) is 63.3 Å². The van der Waals surface area contributed by atoms with Crippen LogP contribution in [0.4, 0.5) is 0 Å². The van der Waals surface area contributed by atoms with Gasteiger partial charge in [0.15, 0.2) is 6.29 Å². The van der Waals surface area contributed by atoms with Crippen LogP contribution in [0, 0.1) is 0 Å². The first-order valence-corrected chi connectivity index (χ1v) is 7.19. The zero-order valence-electron chi connectivity index (χ0n) is 11.9. The van der Waals surface area contributed by atoms with Crippen LogP contribution in [0.15, 0.2) is 12.2 Å². The van der Waals surface area contributed by atoms with Crippen LogP contribution >= 0.6 is 0 Å². The Balaban J connectivity index is 2.31. The summed E-state index contributed by atoms with van der Waals surface area (Å²) in [6, 6.07) is 0. The lowest BCUT2D eigenvalue weighted by Crippen LogP contribution is -2.59. The van der Waals surface area contributed by atoms with Crippen LogP contribution in [0.25, 0.3) is 0 Å². The Labute approximate surface area is 119 Å². The average molecular weight is 290 g/mol. The van der Waals surface area contributed by atoms with Crippen LogP contribution in [0.1, 0.15) is 32.6 Å². The Morgan fingerprint density at radius 1 is 1.05 bits per heavy atom. The second-order valence-corrected chi connectivity index (χ2v) is 5.00. The van der Waals surface area contributed by atoms with Crippen molar-refractivity contribution in [3.8, 4) is 0 Å². The van der Waals surface area contributed by atoms with E-state index in [1.165, 1.54) is 12.8 Å². The quantitative estimate of drug-likeness (QED) is 0.369. The molecule has 1 fully saturated rings. The molecule has 0 aromatic heterocycles. The van der Waals surface area contributed by atoms with Gasteiger partial charge in [0.05, 0.1) is 13.2 Å². The van der Waals surface area contributed by atoms with Gasteiger partial charge in [-0.2, -0.15) is 0 Å². The summed E-state index contributed by atoms with van der Waals surface area (Å²) < 4.78 is 10.5. The van der Waals surface area contributed by atoms with E-state index >= 15 is 0 Å². The van der Waals surface area contributed by atoms with E-state index < -0.39 is 37.3 Å². The smallest absolute Gasteiger partial charge is 0.187 e. The van der Waals surface area contributed by atoms with Crippen LogP contribution in [0.3, 0.4) is 0 Å². The van der Waals surface area contributed by atoms with E-state index in [4.69, 9.17) is 14.6 Å². The summed E-state index contributed by atoms with van der Waals surface area (Å²) in [4.78, 5) is 0. The Morgan fingerprint density at radius 3 is 2.45 bits per heavy atom. The number of rotatable bonds is 8. The molecule has 0 spiro atoms. The number of unbranched alkanes of at least 4 members (excludes halogenated alkanes) is 3. The van der Waals surface area contributed by atoms with Gasteiger partial charge in [0.2, 0.25) is 0 Å². The normalized spacial score (nSPS) is 34.8. The largest absolute Gasteiger partial charge is 0.394 e. The highest BCUT2D eigenvalue weighted by Gasteiger charge is 2.43. The molecule has 0 unspecified atom stereocenters. The fourth-order valence-electron chi connectivity index (χ4n) is 2.05. The maximum atomic E-state index is 9.73. The van der Waals surface area contributed by atoms with E-state index in [0.717, 1.165) is 12.8 Å². The first-order valence-electron chi connectivity index (χ1n) is 7.19. The lowest BCUT2D eigenvalue weighted by Gasteiger charge is -2.39. The van der Waals surface area contributed by atoms with Crippen molar-refractivity contribution in [2.24, 2.45) is 0 Å². The van der Waals surface area contributed by atoms with Gasteiger partial charge >= 0.3 is 0 Å². The fraction of sp³-hybridized carbons (Fsp3) is 0.857. The third kappa shape index (κ3) is 5.12. The minimum atomic E-state index is -1.39. The van der Waals surface area contributed by atoms with Gasteiger partial charge in [0.1, 0.15) is 24.4 Å². The van der Waals surface area contributed by atoms with Gasteiger partial charge in [-0.05, 0) is 12.8 Å². The number of hydrogen-bond donors (Lipinski definition) is 4. The molecule has 1 aliphatic heterocycles. The number of aliphatic hydroxyl groups is 4. The molecule has 0 radical (unpaired) electrons. The van der Waals surface area contributed by atoms with Crippen LogP contribution in [0.2, 0.25) is 0 Å². The van der Waals surface area contributed by atoms with Crippen molar-refractivity contribution in [1.82, 2.24) is 0 Å². The molecular formula is C14H26O6. The SMILES string of the molecule is CCCCC/C=C/CO[C@@H]1O[C@H](CO)[C@@H](O)[C@H](O)[C@H]1O. The maximum Gasteiger partial charge on any atom is 0.187 e. The predicted molar refractivity (Wildman–Crippen MR) is 73.0 cm³/mol. The molecule has 1 aliphatic rings. The number of allylic oxidation sites excluding steroid dienone is 1. The van der Waals surface area contributed by atoms with E-state index in [9.17, 15) is 15.3 Å². The number of ether oxygens (including phenoxy) is 2. The third-order valence-electron chi connectivity index (χ3n) is 3.35. The van der Waals surface area contributed by atoms with E-state index in [-0.39, 0.29) is 6.61 Å². The fourth-order valence-corrected chi connectivity index (χ4v) is 2.05. The molecule has 0 aromatic rings. The highest BCUT2D eigenvalue weighted by molar-refractivity contribution is 4.89. The zero-order valence-corrected chi connectivity index (χ0v) is 11.9. The van der Waals surface area contributed by atoms with Crippen molar-refractivity contribution >= 4 is 0 Å². The lowest BCUT2D eigenvalue weighted by molar-refractivity contribution is -0.298. The van der Waals surface area contributed by atoms with Crippen molar-refractivity contribution in [3.63, 3.8) is 0 Å². The molecule has 20 heavy (non-hydrogen) atoms. The van der Waals surface area contributed by atoms with E-state index in [0.29, 0.717) is 0 Å². The Morgan fingerprint density at radius 2 is 1.80 bits per heavy atom. The summed E-state index contributed by atoms with van der Waals surface area (Å²) in [5.74, 6) is 0. The van der Waals surface area contributed by atoms with E-state index in [1.807, 2.05) is 12.2 Å². The molecular weight excluding hydrogens is 264 g/mol. The summed E-state index contributed by atoms with van der Waals surface area (Å²) in [6.45, 7) is 1.94. The number of hydrogen-bond acceptors (Lipinski definition) is 6. The summed E-state index contributed by atoms with van der Waals surface area (Å²) in [5, 5.41) is 37.9. The van der Waals surface area contributed by atoms with Crippen molar-refractivity contribution in [3.05, 3.63) is 12.2 Å². The molecule has 1 rings (SSSR count). The third-order valence-corrected chi connectivity index (χ3v) is 3.35. The first kappa shape index (κ1) is 17.6. The molecule has 1 saturated heterocycles. The molecule has 4 N–H and O–H groups in total. The molecule has 0 aliphatic carbocycles. The highest BCUT2D eigenvalue weighted by Crippen LogP contribution is 2.21. The highest BCUT2D eigenvalue weighted by atomic mass is 16.7. The summed E-state index contributed by atoms with van der Waals surface area (Å²) in [6.07, 6.45) is 2.26. The molecule has 6 nitrogen and oxygen atoms in total. The van der Waals surface area contributed by atoms with Gasteiger partial charge in [-0.25, -0.2) is 0 Å². The van der Waals surface area contributed by atoms with Gasteiger partial charge < -0.3 is 29.9 Å². The first-order chi connectivity index (χ1) is 9.61. The molecule has 5 atom stereocenters. The second-order valence-electron chi connectivity index (χ2n) is 5.00. The van der Waals surface area contributed by atoms with E-state index in [1.54, 1.807) is 0 Å². The standard InChI is InChI=1S/C14H26O6/c1-2-3-4-5-6-7-8-19-14-13(18)12(17)11(16)10(9-15)20-14/h6-7,10-18H,2-5,8-9H2,1H3/b7-6+/t10-,11-,12+,13-,14-/m1/s1. The number of aliphatic hydroxyl groups excluding tert-OH is 4. The minimum absolute atomic E-state index is 0.245. The van der Waals surface area contributed by atoms with Gasteiger partial charge in [-0.3, -0.25) is 0 Å². The van der Waals surface area contributed by atoms with Gasteiger partial charge in [-0.15, -0.1) is 0 Å². The minimum Gasteiger partial charge on any atom is -0.394 e. The Bertz CT molecular complexity index is 281. The van der Waals surface area contributed by atoms with Crippen LogP contribution < -0.4 is 0 Å². The summed E-state index contributed by atoms with van der Waals surface area (Å²) in [5.41, 5.74) is 0. The Hall–Kier alpha value is -0.500. The average Bonchev–Trinajstić information content (AvgIpc) is 2.46. The molecule has 0 aromatic carbocycles. The van der Waals surface area contributed by atoms with Gasteiger partial charge in [-0.1, -0.05) is 31.9 Å². The van der Waals surface area contributed by atoms with Gasteiger partial charge in [0, 0.05) is 0 Å². The maximum absolute atomic E-state index is 9.73. The molecule has 1 heterocycles. The molecule has 0 saturated carbocycles. The van der Waals surface area contributed by atoms with Crippen molar-refractivity contribution < 1.29 is 29.9 Å². The molecule has 0 bridgehead atoms. The predicted octanol–water partition coefficient (Wildman–Crippen LogP) is -0.0606. The summed E-state index contributed by atoms with van der Waals surface area (Å²) in [7, 11) is 0.